The van der Waals surface area contributed by atoms with Gasteiger partial charge in [0.15, 0.2) is 0 Å². The van der Waals surface area contributed by atoms with E-state index in [4.69, 9.17) is 20.8 Å². The van der Waals surface area contributed by atoms with Gasteiger partial charge in [-0.3, -0.25) is 5.43 Å². The van der Waals surface area contributed by atoms with Gasteiger partial charge >= 0.3 is 6.03 Å². The summed E-state index contributed by atoms with van der Waals surface area (Å²) in [5.74, 6) is 13.0. The van der Waals surface area contributed by atoms with Crippen molar-refractivity contribution in [3.8, 4) is 5.75 Å². The van der Waals surface area contributed by atoms with Gasteiger partial charge in [0.25, 0.3) is 0 Å². The topological polar surface area (TPSA) is 107 Å². The van der Waals surface area contributed by atoms with Gasteiger partial charge < -0.3 is 9.15 Å². The van der Waals surface area contributed by atoms with Gasteiger partial charge in [-0.2, -0.15) is 0 Å². The molecule has 0 spiro atoms. The van der Waals surface area contributed by atoms with Crippen molar-refractivity contribution in [2.24, 2.45) is 11.7 Å². The molecule has 0 radical (unpaired) electrons. The van der Waals surface area contributed by atoms with Crippen LogP contribution in [0.4, 0.5) is 10.5 Å². The summed E-state index contributed by atoms with van der Waals surface area (Å²) >= 11 is 1.47. The van der Waals surface area contributed by atoms with Crippen molar-refractivity contribution < 1.29 is 13.9 Å². The second-order valence-corrected chi connectivity index (χ2v) is 5.94. The van der Waals surface area contributed by atoms with Crippen LogP contribution in [-0.4, -0.2) is 12.1 Å². The quantitative estimate of drug-likeness (QED) is 0.324. The number of carbonyl (C=O) groups is 1. The van der Waals surface area contributed by atoms with Crippen molar-refractivity contribution in [2.75, 3.05) is 5.01 Å². The minimum absolute atomic E-state index is 0.0113. The lowest BCUT2D eigenvalue weighted by Crippen LogP contribution is -2.47. The normalized spacial score (nSPS) is 10.7. The van der Waals surface area contributed by atoms with Crippen LogP contribution in [0, 0.1) is 0 Å². The Morgan fingerprint density at radius 3 is 2.78 bits per heavy atom. The van der Waals surface area contributed by atoms with E-state index in [1.54, 1.807) is 18.4 Å². The zero-order chi connectivity index (χ0) is 16.8. The lowest BCUT2D eigenvalue weighted by atomic mass is 10.3. The van der Waals surface area contributed by atoms with E-state index in [9.17, 15) is 4.79 Å². The van der Waals surface area contributed by atoms with Gasteiger partial charge in [-0.15, -0.1) is 11.8 Å². The predicted octanol–water partition coefficient (Wildman–Crippen LogP) is 2.62. The van der Waals surface area contributed by atoms with Crippen molar-refractivity contribution in [1.82, 2.24) is 5.43 Å². The SMILES string of the molecule is CC(C)Oc1cccc(N(N)C(=O)NN)c1SCc1ccco1. The average molecular weight is 336 g/mol. The average Bonchev–Trinajstić information content (AvgIpc) is 3.04. The number of benzene rings is 1. The molecule has 0 aliphatic heterocycles. The molecular formula is C15H20N4O3S. The zero-order valence-corrected chi connectivity index (χ0v) is 13.8. The van der Waals surface area contributed by atoms with E-state index in [2.05, 4.69) is 0 Å². The second-order valence-electron chi connectivity index (χ2n) is 4.96. The molecule has 0 saturated heterocycles. The number of nitrogens with two attached hydrogens (primary N) is 2. The van der Waals surface area contributed by atoms with Crippen LogP contribution in [0.5, 0.6) is 5.75 Å². The van der Waals surface area contributed by atoms with Crippen LogP contribution in [0.3, 0.4) is 0 Å². The zero-order valence-electron chi connectivity index (χ0n) is 13.0. The molecule has 7 nitrogen and oxygen atoms in total. The minimum atomic E-state index is -0.619. The third-order valence-electron chi connectivity index (χ3n) is 2.86. The summed E-state index contributed by atoms with van der Waals surface area (Å²) in [5, 5.41) is 0.956. The first-order valence-electron chi connectivity index (χ1n) is 7.03. The number of anilines is 1. The van der Waals surface area contributed by atoms with Gasteiger partial charge in [-0.25, -0.2) is 21.5 Å². The number of nitrogens with zero attached hydrogens (tertiary/aromatic N) is 1. The Kier molecular flexibility index (Phi) is 5.91. The molecule has 0 aliphatic rings. The van der Waals surface area contributed by atoms with E-state index in [1.807, 2.05) is 37.5 Å². The highest BCUT2D eigenvalue weighted by Gasteiger charge is 2.19. The molecule has 0 bridgehead atoms. The van der Waals surface area contributed by atoms with Gasteiger partial charge in [0.1, 0.15) is 11.5 Å². The van der Waals surface area contributed by atoms with Crippen molar-refractivity contribution in [3.05, 3.63) is 42.4 Å². The van der Waals surface area contributed by atoms with Crippen LogP contribution in [0.15, 0.2) is 45.9 Å². The molecule has 2 aromatic rings. The monoisotopic (exact) mass is 336 g/mol. The molecule has 0 atom stereocenters. The molecule has 0 unspecified atom stereocenters. The van der Waals surface area contributed by atoms with E-state index in [-0.39, 0.29) is 6.10 Å². The number of carbonyl (C=O) groups excluding carboxylic acids is 1. The standard InChI is InChI=1S/C15H20N4O3S/c1-10(2)22-13-7-3-6-12(19(17)15(20)18-16)14(13)23-9-11-5-4-8-21-11/h3-8,10H,9,16-17H2,1-2H3,(H,18,20). The second kappa shape index (κ2) is 7.91. The molecule has 2 rings (SSSR count). The molecule has 1 aromatic heterocycles. The summed E-state index contributed by atoms with van der Waals surface area (Å²) in [6, 6.07) is 8.42. The third-order valence-corrected chi connectivity index (χ3v) is 3.99. The summed E-state index contributed by atoms with van der Waals surface area (Å²) in [6.07, 6.45) is 1.60. The molecule has 1 aromatic carbocycles. The highest BCUT2D eigenvalue weighted by molar-refractivity contribution is 7.98. The highest BCUT2D eigenvalue weighted by Crippen LogP contribution is 2.39. The van der Waals surface area contributed by atoms with Crippen LogP contribution in [-0.2, 0) is 5.75 Å². The van der Waals surface area contributed by atoms with Gasteiger partial charge in [-0.05, 0) is 38.1 Å². The molecule has 124 valence electrons. The Hall–Kier alpha value is -2.16. The Morgan fingerprint density at radius 1 is 1.39 bits per heavy atom. The maximum absolute atomic E-state index is 11.7. The lowest BCUT2D eigenvalue weighted by molar-refractivity contribution is 0.236. The number of thioether (sulfide) groups is 1. The molecule has 23 heavy (non-hydrogen) atoms. The smallest absolute Gasteiger partial charge is 0.350 e. The van der Waals surface area contributed by atoms with Crippen LogP contribution >= 0.6 is 11.8 Å². The number of furan rings is 1. The summed E-state index contributed by atoms with van der Waals surface area (Å²) < 4.78 is 11.2. The number of nitrogens with one attached hydrogen (secondary N) is 1. The number of hydrogen-bond donors (Lipinski definition) is 3. The molecule has 0 aliphatic carbocycles. The summed E-state index contributed by atoms with van der Waals surface area (Å²) in [7, 11) is 0. The third kappa shape index (κ3) is 4.41. The van der Waals surface area contributed by atoms with Crippen LogP contribution < -0.4 is 26.9 Å². The number of ether oxygens (including phenoxy) is 1. The maximum atomic E-state index is 11.7. The molecular weight excluding hydrogens is 316 g/mol. The van der Waals surface area contributed by atoms with Crippen LogP contribution in [0.2, 0.25) is 0 Å². The lowest BCUT2D eigenvalue weighted by Gasteiger charge is -2.22. The number of hydrazine groups is 2. The number of amides is 2. The largest absolute Gasteiger partial charge is 0.490 e. The predicted molar refractivity (Wildman–Crippen MR) is 89.9 cm³/mol. The fourth-order valence-electron chi connectivity index (χ4n) is 1.90. The molecule has 0 fully saturated rings. The van der Waals surface area contributed by atoms with E-state index in [0.29, 0.717) is 17.2 Å². The first kappa shape index (κ1) is 17.2. The Bertz CT molecular complexity index is 646. The molecule has 0 saturated carbocycles. The Morgan fingerprint density at radius 2 is 2.17 bits per heavy atom. The molecule has 1 heterocycles. The van der Waals surface area contributed by atoms with E-state index in [1.165, 1.54) is 11.8 Å². The summed E-state index contributed by atoms with van der Waals surface area (Å²) in [6.45, 7) is 3.86. The molecule has 2 amide bonds. The van der Waals surface area contributed by atoms with Crippen LogP contribution in [0.25, 0.3) is 0 Å². The van der Waals surface area contributed by atoms with Crippen molar-refractivity contribution >= 4 is 23.5 Å². The molecule has 5 N–H and O–H groups in total. The fourth-order valence-corrected chi connectivity index (χ4v) is 2.93. The first-order valence-corrected chi connectivity index (χ1v) is 8.01. The summed E-state index contributed by atoms with van der Waals surface area (Å²) in [4.78, 5) is 12.5. The first-order chi connectivity index (χ1) is 11.0. The number of rotatable bonds is 6. The van der Waals surface area contributed by atoms with Crippen molar-refractivity contribution in [2.45, 2.75) is 30.6 Å². The van der Waals surface area contributed by atoms with Crippen molar-refractivity contribution in [3.63, 3.8) is 0 Å². The maximum Gasteiger partial charge on any atom is 0.350 e. The van der Waals surface area contributed by atoms with Crippen LogP contribution in [0.1, 0.15) is 19.6 Å². The fraction of sp³-hybridized carbons (Fsp3) is 0.267. The highest BCUT2D eigenvalue weighted by atomic mass is 32.2. The number of hydrogen-bond acceptors (Lipinski definition) is 6. The molecule has 8 heteroatoms. The van der Waals surface area contributed by atoms with E-state index < -0.39 is 6.03 Å². The van der Waals surface area contributed by atoms with Gasteiger partial charge in [-0.1, -0.05) is 6.07 Å². The number of urea groups is 1. The van der Waals surface area contributed by atoms with Gasteiger partial charge in [0.2, 0.25) is 0 Å². The minimum Gasteiger partial charge on any atom is -0.490 e. The Balaban J connectivity index is 2.33. The summed E-state index contributed by atoms with van der Waals surface area (Å²) in [5.41, 5.74) is 2.52. The van der Waals surface area contributed by atoms with Crippen molar-refractivity contribution in [1.29, 1.82) is 0 Å². The van der Waals surface area contributed by atoms with E-state index in [0.717, 1.165) is 15.7 Å². The van der Waals surface area contributed by atoms with E-state index >= 15 is 0 Å². The Labute approximate surface area is 138 Å². The van der Waals surface area contributed by atoms with Gasteiger partial charge in [0, 0.05) is 0 Å². The van der Waals surface area contributed by atoms with Gasteiger partial charge in [0.05, 0.1) is 28.7 Å².